The summed E-state index contributed by atoms with van der Waals surface area (Å²) in [6.07, 6.45) is 10.5. The lowest BCUT2D eigenvalue weighted by Gasteiger charge is -2.22. The zero-order chi connectivity index (χ0) is 36.2. The second kappa shape index (κ2) is 15.3. The molecule has 1 aliphatic heterocycles. The SMILES string of the molecule is C=C[C@@H]1C[C@]1(NC(=O)[C@@H]1C[C@@]2(CN1)CC2(C)C)C(=O)NS(=O)(=O)c1ccccc1NCCCCCCCC(NC(=O)OC1CCCC1)C(=O)O. The van der Waals surface area contributed by atoms with Gasteiger partial charge < -0.3 is 31.1 Å². The van der Waals surface area contributed by atoms with Crippen LogP contribution in [0.1, 0.15) is 97.3 Å². The summed E-state index contributed by atoms with van der Waals surface area (Å²) in [4.78, 5) is 50.4. The van der Waals surface area contributed by atoms with Crippen LogP contribution in [0.2, 0.25) is 0 Å². The van der Waals surface area contributed by atoms with Gasteiger partial charge in [0.05, 0.1) is 11.7 Å². The highest BCUT2D eigenvalue weighted by atomic mass is 32.2. The zero-order valence-electron chi connectivity index (χ0n) is 29.2. The first-order chi connectivity index (χ1) is 23.7. The number of carboxylic acid groups (broad SMARTS) is 1. The van der Waals surface area contributed by atoms with Crippen LogP contribution in [0, 0.1) is 16.7 Å². The van der Waals surface area contributed by atoms with E-state index in [0.717, 1.165) is 64.3 Å². The van der Waals surface area contributed by atoms with Crippen molar-refractivity contribution < 1.29 is 37.4 Å². The number of carboxylic acids is 1. The summed E-state index contributed by atoms with van der Waals surface area (Å²) in [6.45, 7) is 9.39. The predicted molar refractivity (Wildman–Crippen MR) is 188 cm³/mol. The molecule has 0 radical (unpaired) electrons. The smallest absolute Gasteiger partial charge is 0.408 e. The van der Waals surface area contributed by atoms with Gasteiger partial charge in [-0.3, -0.25) is 9.59 Å². The third kappa shape index (κ3) is 8.62. The van der Waals surface area contributed by atoms with Crippen LogP contribution in [0.4, 0.5) is 10.5 Å². The fourth-order valence-electron chi connectivity index (χ4n) is 7.77. The lowest BCUT2D eigenvalue weighted by molar-refractivity contribution is -0.139. The van der Waals surface area contributed by atoms with Gasteiger partial charge in [-0.2, -0.15) is 0 Å². The highest BCUT2D eigenvalue weighted by Crippen LogP contribution is 2.67. The largest absolute Gasteiger partial charge is 0.480 e. The molecule has 3 amide bonds. The quantitative estimate of drug-likeness (QED) is 0.0948. The lowest BCUT2D eigenvalue weighted by atomic mass is 9.93. The molecule has 3 saturated carbocycles. The number of sulfonamides is 1. The van der Waals surface area contributed by atoms with Crippen molar-refractivity contribution in [1.29, 1.82) is 0 Å². The molecule has 4 aliphatic rings. The van der Waals surface area contributed by atoms with Gasteiger partial charge in [0.1, 0.15) is 22.6 Å². The third-order valence-electron chi connectivity index (χ3n) is 11.3. The second-order valence-corrected chi connectivity index (χ2v) is 16.9. The molecule has 276 valence electrons. The van der Waals surface area contributed by atoms with Crippen LogP contribution in [-0.2, 0) is 29.1 Å². The molecule has 1 aromatic carbocycles. The Bertz CT molecular complexity index is 1560. The molecule has 1 heterocycles. The van der Waals surface area contributed by atoms with E-state index < -0.39 is 45.6 Å². The summed E-state index contributed by atoms with van der Waals surface area (Å²) in [5.74, 6) is -2.55. The number of unbranched alkanes of at least 4 members (excludes halogenated alkanes) is 4. The van der Waals surface area contributed by atoms with E-state index >= 15 is 0 Å². The molecule has 0 bridgehead atoms. The highest BCUT2D eigenvalue weighted by Gasteiger charge is 2.65. The number of carbonyl (C=O) groups excluding carboxylic acids is 3. The van der Waals surface area contributed by atoms with Gasteiger partial charge in [0.2, 0.25) is 5.91 Å². The highest BCUT2D eigenvalue weighted by molar-refractivity contribution is 7.90. The number of hydrogen-bond acceptors (Lipinski definition) is 9. The molecule has 3 aliphatic carbocycles. The van der Waals surface area contributed by atoms with Crippen LogP contribution in [0.5, 0.6) is 0 Å². The van der Waals surface area contributed by atoms with E-state index in [4.69, 9.17) is 4.74 Å². The summed E-state index contributed by atoms with van der Waals surface area (Å²) >= 11 is 0. The number of nitrogens with one attached hydrogen (secondary N) is 5. The van der Waals surface area contributed by atoms with Crippen molar-refractivity contribution in [3.8, 4) is 0 Å². The van der Waals surface area contributed by atoms with Gasteiger partial charge in [-0.1, -0.05) is 57.7 Å². The van der Waals surface area contributed by atoms with Crippen molar-refractivity contribution in [3.63, 3.8) is 0 Å². The molecule has 13 nitrogen and oxygen atoms in total. The molecular formula is C36H53N5O8S. The van der Waals surface area contributed by atoms with Crippen molar-refractivity contribution in [2.45, 2.75) is 126 Å². The van der Waals surface area contributed by atoms with Gasteiger partial charge in [-0.05, 0) is 80.8 Å². The van der Waals surface area contributed by atoms with Crippen LogP contribution in [0.15, 0.2) is 41.8 Å². The van der Waals surface area contributed by atoms with Gasteiger partial charge in [-0.25, -0.2) is 22.7 Å². The number of amides is 3. The van der Waals surface area contributed by atoms with Crippen LogP contribution < -0.4 is 26.0 Å². The molecule has 1 unspecified atom stereocenters. The first-order valence-corrected chi connectivity index (χ1v) is 19.5. The molecule has 0 aromatic heterocycles. The lowest BCUT2D eigenvalue weighted by Crippen LogP contribution is -2.55. The van der Waals surface area contributed by atoms with Gasteiger partial charge in [0.15, 0.2) is 0 Å². The van der Waals surface area contributed by atoms with Crippen LogP contribution >= 0.6 is 0 Å². The van der Waals surface area contributed by atoms with E-state index in [2.05, 4.69) is 46.4 Å². The number of para-hydroxylation sites is 1. The molecule has 1 saturated heterocycles. The Labute approximate surface area is 295 Å². The van der Waals surface area contributed by atoms with E-state index in [0.29, 0.717) is 31.5 Å². The fourth-order valence-corrected chi connectivity index (χ4v) is 8.99. The minimum absolute atomic E-state index is 0.0698. The number of alkyl carbamates (subject to hydrolysis) is 1. The second-order valence-electron chi connectivity index (χ2n) is 15.2. The monoisotopic (exact) mass is 715 g/mol. The summed E-state index contributed by atoms with van der Waals surface area (Å²) in [6, 6.07) is 4.92. The minimum Gasteiger partial charge on any atom is -0.480 e. The Kier molecular flexibility index (Phi) is 11.5. The van der Waals surface area contributed by atoms with Crippen molar-refractivity contribution in [3.05, 3.63) is 36.9 Å². The van der Waals surface area contributed by atoms with Crippen LogP contribution in [-0.4, -0.2) is 74.2 Å². The van der Waals surface area contributed by atoms with E-state index in [1.807, 2.05) is 0 Å². The molecule has 5 atom stereocenters. The fraction of sp³-hybridized carbons (Fsp3) is 0.667. The molecule has 1 spiro atoms. The van der Waals surface area contributed by atoms with E-state index in [1.54, 1.807) is 24.3 Å². The molecule has 4 fully saturated rings. The first kappa shape index (κ1) is 37.6. The van der Waals surface area contributed by atoms with Crippen molar-refractivity contribution >= 4 is 39.6 Å². The molecule has 6 N–H and O–H groups in total. The molecular weight excluding hydrogens is 662 g/mol. The maximum absolute atomic E-state index is 13.5. The molecule has 50 heavy (non-hydrogen) atoms. The Morgan fingerprint density at radius 2 is 1.74 bits per heavy atom. The number of anilines is 1. The number of rotatable bonds is 18. The number of hydrogen-bond donors (Lipinski definition) is 6. The number of aliphatic carboxylic acids is 1. The maximum atomic E-state index is 13.5. The van der Waals surface area contributed by atoms with E-state index in [9.17, 15) is 32.7 Å². The third-order valence-corrected chi connectivity index (χ3v) is 12.7. The Morgan fingerprint density at radius 1 is 1.06 bits per heavy atom. The average molecular weight is 716 g/mol. The number of ether oxygens (including phenoxy) is 1. The van der Waals surface area contributed by atoms with Crippen molar-refractivity contribution in [2.75, 3.05) is 18.4 Å². The summed E-state index contributed by atoms with van der Waals surface area (Å²) in [5.41, 5.74) is -0.762. The Morgan fingerprint density at radius 3 is 2.38 bits per heavy atom. The summed E-state index contributed by atoms with van der Waals surface area (Å²) < 4.78 is 34.6. The number of carbonyl (C=O) groups is 4. The van der Waals surface area contributed by atoms with Gasteiger partial charge in [-0.15, -0.1) is 6.58 Å². The number of benzene rings is 1. The Balaban J connectivity index is 1.05. The van der Waals surface area contributed by atoms with Gasteiger partial charge in [0.25, 0.3) is 15.9 Å². The normalized spacial score (nSPS) is 27.2. The van der Waals surface area contributed by atoms with Crippen molar-refractivity contribution in [1.82, 2.24) is 20.7 Å². The summed E-state index contributed by atoms with van der Waals surface area (Å²) in [7, 11) is -4.28. The van der Waals surface area contributed by atoms with Gasteiger partial charge in [0, 0.05) is 19.0 Å². The first-order valence-electron chi connectivity index (χ1n) is 18.0. The van der Waals surface area contributed by atoms with Crippen LogP contribution in [0.25, 0.3) is 0 Å². The minimum atomic E-state index is -4.28. The molecule has 5 rings (SSSR count). The van der Waals surface area contributed by atoms with Crippen LogP contribution in [0.3, 0.4) is 0 Å². The molecule has 1 aromatic rings. The summed E-state index contributed by atoms with van der Waals surface area (Å²) in [5, 5.41) is 21.3. The zero-order valence-corrected chi connectivity index (χ0v) is 30.0. The average Bonchev–Trinajstić information content (AvgIpc) is 3.62. The Hall–Kier alpha value is -3.65. The topological polar surface area (TPSA) is 192 Å². The maximum Gasteiger partial charge on any atom is 0.408 e. The predicted octanol–water partition coefficient (Wildman–Crippen LogP) is 4.21. The molecule has 14 heteroatoms. The van der Waals surface area contributed by atoms with Gasteiger partial charge >= 0.3 is 12.1 Å². The standard InChI is InChI=1S/C36H53N5O8S/c1-4-24-20-36(24,40-30(42)28-21-35(23-38-28)22-34(35,2)3)32(45)41-50(47,48)29-18-12-11-16-26(29)37-19-13-7-5-6-8-17-27(31(43)44)39-33(46)49-25-14-9-10-15-25/h4,11-12,16,18,24-25,27-28,37-38H,1,5-10,13-15,17,19-23H2,2-3H3,(H,39,46)(H,40,42)(H,41,45)(H,43,44)/t24-,27?,28+,35+,36-/m1/s1. The van der Waals surface area contributed by atoms with E-state index in [1.165, 1.54) is 6.07 Å². The van der Waals surface area contributed by atoms with E-state index in [-0.39, 0.29) is 40.1 Å². The van der Waals surface area contributed by atoms with Crippen molar-refractivity contribution in [2.24, 2.45) is 16.7 Å².